The van der Waals surface area contributed by atoms with E-state index >= 15 is 0 Å². The quantitative estimate of drug-likeness (QED) is 0.767. The lowest BCUT2D eigenvalue weighted by atomic mass is 10.1. The molecule has 1 aromatic heterocycles. The summed E-state index contributed by atoms with van der Waals surface area (Å²) in [5, 5.41) is 3.50. The summed E-state index contributed by atoms with van der Waals surface area (Å²) in [7, 11) is 0. The molecule has 20 heavy (non-hydrogen) atoms. The summed E-state index contributed by atoms with van der Waals surface area (Å²) in [5.41, 5.74) is 2.45. The summed E-state index contributed by atoms with van der Waals surface area (Å²) < 4.78 is 5.68. The summed E-state index contributed by atoms with van der Waals surface area (Å²) in [4.78, 5) is 4.56. The van der Waals surface area contributed by atoms with Crippen molar-refractivity contribution >= 4 is 0 Å². The van der Waals surface area contributed by atoms with Gasteiger partial charge in [0.25, 0.3) is 0 Å². The highest BCUT2D eigenvalue weighted by molar-refractivity contribution is 5.25. The summed E-state index contributed by atoms with van der Waals surface area (Å²) >= 11 is 0. The Hall–Kier alpha value is -1.35. The first-order valence-electron chi connectivity index (χ1n) is 7.43. The van der Waals surface area contributed by atoms with Crippen molar-refractivity contribution in [2.45, 2.75) is 59.5 Å². The molecule has 112 valence electrons. The van der Waals surface area contributed by atoms with Gasteiger partial charge in [-0.05, 0) is 45.7 Å². The highest BCUT2D eigenvalue weighted by atomic mass is 16.5. The number of aryl methyl sites for hydroxylation is 1. The molecule has 0 unspecified atom stereocenters. The molecule has 3 heteroatoms. The molecule has 0 aliphatic heterocycles. The average Bonchev–Trinajstić information content (AvgIpc) is 2.36. The van der Waals surface area contributed by atoms with E-state index in [9.17, 15) is 0 Å². The Kier molecular flexibility index (Phi) is 6.73. The van der Waals surface area contributed by atoms with Crippen LogP contribution in [-0.4, -0.2) is 17.1 Å². The lowest BCUT2D eigenvalue weighted by Crippen LogP contribution is -2.35. The monoisotopic (exact) mass is 276 g/mol. The molecule has 0 spiro atoms. The van der Waals surface area contributed by atoms with Crippen molar-refractivity contribution in [2.24, 2.45) is 0 Å². The lowest BCUT2D eigenvalue weighted by molar-refractivity contribution is 0.345. The molecule has 1 N–H and O–H groups in total. The second kappa shape index (κ2) is 8.05. The van der Waals surface area contributed by atoms with Crippen LogP contribution in [0, 0.1) is 0 Å². The zero-order valence-electron chi connectivity index (χ0n) is 13.5. The topological polar surface area (TPSA) is 34.1 Å². The fraction of sp³-hybridized carbons (Fsp3) is 0.588. The first-order chi connectivity index (χ1) is 9.44. The van der Waals surface area contributed by atoms with Crippen molar-refractivity contribution in [3.63, 3.8) is 0 Å². The predicted octanol–water partition coefficient (Wildman–Crippen LogP) is 3.88. The lowest BCUT2D eigenvalue weighted by Gasteiger charge is -2.21. The number of ether oxygens (including phenoxy) is 1. The van der Waals surface area contributed by atoms with Crippen LogP contribution in [0.5, 0.6) is 5.88 Å². The highest BCUT2D eigenvalue weighted by Crippen LogP contribution is 2.15. The van der Waals surface area contributed by atoms with E-state index in [1.807, 2.05) is 25.1 Å². The second-order valence-corrected chi connectivity index (χ2v) is 6.04. The standard InChI is InChI=1S/C17H28N2O/c1-6-8-10-20-16-12-14(13-18-17(3,4)5)11-15(19-16)9-7-2/h6,8,11-12,18H,7,9-10,13H2,1-5H3/b8-6+. The van der Waals surface area contributed by atoms with Crippen molar-refractivity contribution < 1.29 is 4.74 Å². The number of nitrogens with zero attached hydrogens (tertiary/aromatic N) is 1. The third-order valence-corrected chi connectivity index (χ3v) is 2.81. The molecule has 0 amide bonds. The van der Waals surface area contributed by atoms with Crippen LogP contribution in [0.2, 0.25) is 0 Å². The van der Waals surface area contributed by atoms with E-state index in [1.165, 1.54) is 5.56 Å². The molecule has 0 aliphatic rings. The molecule has 0 radical (unpaired) electrons. The van der Waals surface area contributed by atoms with Gasteiger partial charge in [0.1, 0.15) is 6.61 Å². The van der Waals surface area contributed by atoms with E-state index in [-0.39, 0.29) is 5.54 Å². The van der Waals surface area contributed by atoms with Crippen LogP contribution in [-0.2, 0) is 13.0 Å². The van der Waals surface area contributed by atoms with Crippen LogP contribution in [0.1, 0.15) is 52.3 Å². The number of hydrogen-bond acceptors (Lipinski definition) is 3. The molecule has 0 bridgehead atoms. The molecule has 0 fully saturated rings. The van der Waals surface area contributed by atoms with Gasteiger partial charge in [0, 0.05) is 23.8 Å². The van der Waals surface area contributed by atoms with Gasteiger partial charge in [-0.25, -0.2) is 4.98 Å². The molecule has 0 atom stereocenters. The van der Waals surface area contributed by atoms with Crippen molar-refractivity contribution in [3.8, 4) is 5.88 Å². The molecule has 3 nitrogen and oxygen atoms in total. The van der Waals surface area contributed by atoms with Crippen LogP contribution in [0.3, 0.4) is 0 Å². The molecule has 0 aliphatic carbocycles. The largest absolute Gasteiger partial charge is 0.473 e. The number of hydrogen-bond donors (Lipinski definition) is 1. The first-order valence-corrected chi connectivity index (χ1v) is 7.43. The summed E-state index contributed by atoms with van der Waals surface area (Å²) in [6.45, 7) is 12.1. The summed E-state index contributed by atoms with van der Waals surface area (Å²) in [6.07, 6.45) is 6.06. The maximum absolute atomic E-state index is 5.68. The molecular weight excluding hydrogens is 248 g/mol. The third kappa shape index (κ3) is 6.71. The maximum Gasteiger partial charge on any atom is 0.214 e. The van der Waals surface area contributed by atoms with Gasteiger partial charge < -0.3 is 10.1 Å². The van der Waals surface area contributed by atoms with Crippen LogP contribution >= 0.6 is 0 Å². The van der Waals surface area contributed by atoms with Gasteiger partial charge >= 0.3 is 0 Å². The van der Waals surface area contributed by atoms with Gasteiger partial charge in [-0.3, -0.25) is 0 Å². The Morgan fingerprint density at radius 1 is 1.30 bits per heavy atom. The first kappa shape index (κ1) is 16.7. The predicted molar refractivity (Wildman–Crippen MR) is 85.1 cm³/mol. The van der Waals surface area contributed by atoms with Gasteiger partial charge in [0.15, 0.2) is 0 Å². The molecule has 0 saturated carbocycles. The van der Waals surface area contributed by atoms with Crippen LogP contribution < -0.4 is 10.1 Å². The van der Waals surface area contributed by atoms with Gasteiger partial charge in [-0.1, -0.05) is 25.5 Å². The molecule has 0 saturated heterocycles. The van der Waals surface area contributed by atoms with E-state index in [4.69, 9.17) is 4.74 Å². The van der Waals surface area contributed by atoms with E-state index in [2.05, 4.69) is 44.1 Å². The minimum absolute atomic E-state index is 0.111. The Labute approximate surface area is 123 Å². The van der Waals surface area contributed by atoms with E-state index < -0.39 is 0 Å². The Morgan fingerprint density at radius 2 is 2.05 bits per heavy atom. The average molecular weight is 276 g/mol. The Balaban J connectivity index is 2.80. The molecule has 1 rings (SSSR count). The van der Waals surface area contributed by atoms with Crippen LogP contribution in [0.15, 0.2) is 24.3 Å². The van der Waals surface area contributed by atoms with Gasteiger partial charge in [-0.15, -0.1) is 0 Å². The van der Waals surface area contributed by atoms with Crippen LogP contribution in [0.25, 0.3) is 0 Å². The number of nitrogens with one attached hydrogen (secondary N) is 1. The van der Waals surface area contributed by atoms with Gasteiger partial charge in [0.05, 0.1) is 0 Å². The zero-order chi connectivity index (χ0) is 15.0. The minimum Gasteiger partial charge on any atom is -0.473 e. The number of aromatic nitrogens is 1. The SMILES string of the molecule is C/C=C/COc1cc(CNC(C)(C)C)cc(CCC)n1. The molecule has 1 aromatic rings. The van der Waals surface area contributed by atoms with E-state index in [0.29, 0.717) is 6.61 Å². The fourth-order valence-corrected chi connectivity index (χ4v) is 1.78. The number of allylic oxidation sites excluding steroid dienone is 1. The minimum atomic E-state index is 0.111. The van der Waals surface area contributed by atoms with Crippen molar-refractivity contribution in [3.05, 3.63) is 35.5 Å². The van der Waals surface area contributed by atoms with Crippen molar-refractivity contribution in [1.29, 1.82) is 0 Å². The Bertz CT molecular complexity index is 433. The number of rotatable bonds is 7. The summed E-state index contributed by atoms with van der Waals surface area (Å²) in [6, 6.07) is 4.20. The molecular formula is C17H28N2O. The zero-order valence-corrected chi connectivity index (χ0v) is 13.5. The normalized spacial score (nSPS) is 12.1. The van der Waals surface area contributed by atoms with Gasteiger partial charge in [0.2, 0.25) is 5.88 Å². The third-order valence-electron chi connectivity index (χ3n) is 2.81. The van der Waals surface area contributed by atoms with E-state index in [1.54, 1.807) is 0 Å². The van der Waals surface area contributed by atoms with E-state index in [0.717, 1.165) is 31.0 Å². The van der Waals surface area contributed by atoms with Crippen molar-refractivity contribution in [1.82, 2.24) is 10.3 Å². The molecule has 1 heterocycles. The number of pyridine rings is 1. The maximum atomic E-state index is 5.68. The van der Waals surface area contributed by atoms with Crippen molar-refractivity contribution in [2.75, 3.05) is 6.61 Å². The smallest absolute Gasteiger partial charge is 0.214 e. The Morgan fingerprint density at radius 3 is 2.65 bits per heavy atom. The van der Waals surface area contributed by atoms with Crippen LogP contribution in [0.4, 0.5) is 0 Å². The highest BCUT2D eigenvalue weighted by Gasteiger charge is 2.10. The fourth-order valence-electron chi connectivity index (χ4n) is 1.78. The van der Waals surface area contributed by atoms with Gasteiger partial charge in [-0.2, -0.15) is 0 Å². The molecule has 0 aromatic carbocycles. The summed E-state index contributed by atoms with van der Waals surface area (Å²) in [5.74, 6) is 0.722. The second-order valence-electron chi connectivity index (χ2n) is 6.04.